The molecule has 0 aromatic heterocycles. The van der Waals surface area contributed by atoms with E-state index in [1.165, 1.54) is 0 Å². The molecule has 1 heterocycles. The van der Waals surface area contributed by atoms with Crippen LogP contribution in [0.4, 0.5) is 5.69 Å². The van der Waals surface area contributed by atoms with Gasteiger partial charge in [0.05, 0.1) is 6.21 Å². The summed E-state index contributed by atoms with van der Waals surface area (Å²) in [5, 5.41) is 8.42. The van der Waals surface area contributed by atoms with Crippen LogP contribution in [0.1, 0.15) is 15.9 Å². The van der Waals surface area contributed by atoms with Crippen LogP contribution >= 0.6 is 0 Å². The summed E-state index contributed by atoms with van der Waals surface area (Å²) in [5.74, 6) is 6.22. The van der Waals surface area contributed by atoms with Gasteiger partial charge in [-0.1, -0.05) is 24.3 Å². The molecule has 0 unspecified atom stereocenters. The Hall–Kier alpha value is -3.54. The van der Waals surface area contributed by atoms with Crippen molar-refractivity contribution in [2.45, 2.75) is 0 Å². The number of benzene rings is 3. The van der Waals surface area contributed by atoms with E-state index in [-0.39, 0.29) is 12.7 Å². The van der Waals surface area contributed by atoms with Crippen LogP contribution in [0, 0.1) is 0 Å². The van der Waals surface area contributed by atoms with E-state index in [9.17, 15) is 4.79 Å². The number of rotatable bonds is 3. The highest BCUT2D eigenvalue weighted by atomic mass is 16.7. The second-order valence-electron chi connectivity index (χ2n) is 5.59. The first-order chi connectivity index (χ1) is 12.2. The number of nitrogens with two attached hydrogens (primary N) is 1. The van der Waals surface area contributed by atoms with Gasteiger partial charge < -0.3 is 20.6 Å². The number of hydrazone groups is 1. The van der Waals surface area contributed by atoms with Gasteiger partial charge in [0.2, 0.25) is 6.79 Å². The molecule has 3 aromatic carbocycles. The minimum absolute atomic E-state index is 0.176. The van der Waals surface area contributed by atoms with Crippen LogP contribution in [0.15, 0.2) is 59.7 Å². The molecule has 3 N–H and O–H groups in total. The Bertz CT molecular complexity index is 998. The summed E-state index contributed by atoms with van der Waals surface area (Å²) in [6, 6.07) is 16.7. The van der Waals surface area contributed by atoms with Crippen molar-refractivity contribution in [3.8, 4) is 11.5 Å². The van der Waals surface area contributed by atoms with Crippen molar-refractivity contribution < 1.29 is 14.3 Å². The van der Waals surface area contributed by atoms with E-state index < -0.39 is 0 Å². The lowest BCUT2D eigenvalue weighted by Crippen LogP contribution is -2.12. The number of carbonyl (C=O) groups excluding carboxylic acids is 1. The molecular formula is C19H15N3O3. The van der Waals surface area contributed by atoms with Gasteiger partial charge in [-0.25, -0.2) is 0 Å². The molecule has 0 saturated carbocycles. The normalized spacial score (nSPS) is 12.6. The van der Waals surface area contributed by atoms with E-state index in [2.05, 4.69) is 10.4 Å². The average molecular weight is 333 g/mol. The van der Waals surface area contributed by atoms with Gasteiger partial charge in [-0.05, 0) is 41.3 Å². The fourth-order valence-corrected chi connectivity index (χ4v) is 2.80. The molecule has 0 atom stereocenters. The molecule has 1 aliphatic heterocycles. The molecule has 0 saturated heterocycles. The molecule has 1 amide bonds. The molecule has 0 aliphatic carbocycles. The Morgan fingerprint density at radius 1 is 1.08 bits per heavy atom. The molecule has 1 aliphatic rings. The predicted molar refractivity (Wildman–Crippen MR) is 96.2 cm³/mol. The second-order valence-corrected chi connectivity index (χ2v) is 5.59. The topological polar surface area (TPSA) is 85.9 Å². The zero-order valence-electron chi connectivity index (χ0n) is 13.2. The van der Waals surface area contributed by atoms with Gasteiger partial charge >= 0.3 is 0 Å². The zero-order chi connectivity index (χ0) is 17.2. The summed E-state index contributed by atoms with van der Waals surface area (Å²) >= 11 is 0. The van der Waals surface area contributed by atoms with Crippen molar-refractivity contribution in [1.29, 1.82) is 0 Å². The van der Waals surface area contributed by atoms with Gasteiger partial charge in [-0.15, -0.1) is 0 Å². The zero-order valence-corrected chi connectivity index (χ0v) is 13.2. The highest BCUT2D eigenvalue weighted by Gasteiger charge is 2.16. The number of fused-ring (bicyclic) bond motifs is 2. The van der Waals surface area contributed by atoms with Crippen molar-refractivity contribution >= 4 is 28.6 Å². The summed E-state index contributed by atoms with van der Waals surface area (Å²) in [7, 11) is 0. The van der Waals surface area contributed by atoms with Gasteiger partial charge in [-0.3, -0.25) is 4.79 Å². The maximum absolute atomic E-state index is 12.6. The number of nitrogens with zero attached hydrogens (tertiary/aromatic N) is 1. The second kappa shape index (κ2) is 6.16. The number of hydrogen-bond acceptors (Lipinski definition) is 5. The molecular weight excluding hydrogens is 318 g/mol. The van der Waals surface area contributed by atoms with Gasteiger partial charge in [0.1, 0.15) is 0 Å². The number of ether oxygens (including phenoxy) is 2. The first-order valence-corrected chi connectivity index (χ1v) is 7.71. The lowest BCUT2D eigenvalue weighted by molar-refractivity contribution is 0.102. The summed E-state index contributed by atoms with van der Waals surface area (Å²) in [6.07, 6.45) is 1.57. The third kappa shape index (κ3) is 2.85. The summed E-state index contributed by atoms with van der Waals surface area (Å²) in [6.45, 7) is 0.176. The van der Waals surface area contributed by atoms with Gasteiger partial charge in [0.25, 0.3) is 5.91 Å². The number of amides is 1. The van der Waals surface area contributed by atoms with Gasteiger partial charge in [0.15, 0.2) is 11.5 Å². The van der Waals surface area contributed by atoms with Gasteiger partial charge in [-0.2, -0.15) is 5.10 Å². The fraction of sp³-hybridized carbons (Fsp3) is 0.0526. The van der Waals surface area contributed by atoms with Crippen LogP contribution in [0.3, 0.4) is 0 Å². The molecule has 0 bridgehead atoms. The summed E-state index contributed by atoms with van der Waals surface area (Å²) in [4.78, 5) is 12.6. The lowest BCUT2D eigenvalue weighted by atomic mass is 10.1. The minimum Gasteiger partial charge on any atom is -0.454 e. The monoisotopic (exact) mass is 333 g/mol. The van der Waals surface area contributed by atoms with Crippen molar-refractivity contribution in [2.75, 3.05) is 12.1 Å². The molecule has 0 spiro atoms. The number of carbonyl (C=O) groups is 1. The first kappa shape index (κ1) is 15.0. The molecule has 124 valence electrons. The smallest absolute Gasteiger partial charge is 0.255 e. The van der Waals surface area contributed by atoms with Crippen LogP contribution in [0.5, 0.6) is 11.5 Å². The Morgan fingerprint density at radius 3 is 2.84 bits per heavy atom. The van der Waals surface area contributed by atoms with Gasteiger partial charge in [0, 0.05) is 16.6 Å². The van der Waals surface area contributed by atoms with Crippen LogP contribution in [0.25, 0.3) is 10.8 Å². The number of hydrogen-bond donors (Lipinski definition) is 2. The fourth-order valence-electron chi connectivity index (χ4n) is 2.80. The predicted octanol–water partition coefficient (Wildman–Crippen LogP) is 3.11. The third-order valence-corrected chi connectivity index (χ3v) is 4.01. The van der Waals surface area contributed by atoms with E-state index in [1.54, 1.807) is 24.4 Å². The van der Waals surface area contributed by atoms with Crippen LogP contribution in [-0.2, 0) is 0 Å². The van der Waals surface area contributed by atoms with Crippen molar-refractivity contribution in [2.24, 2.45) is 10.9 Å². The lowest BCUT2D eigenvalue weighted by Gasteiger charge is -2.10. The molecule has 6 nitrogen and oxygen atoms in total. The van der Waals surface area contributed by atoms with Crippen molar-refractivity contribution in [3.05, 3.63) is 65.7 Å². The molecule has 25 heavy (non-hydrogen) atoms. The third-order valence-electron chi connectivity index (χ3n) is 4.01. The van der Waals surface area contributed by atoms with E-state index in [0.717, 1.165) is 16.3 Å². The van der Waals surface area contributed by atoms with E-state index in [1.807, 2.05) is 36.4 Å². The number of anilines is 1. The highest BCUT2D eigenvalue weighted by Crippen LogP contribution is 2.33. The first-order valence-electron chi connectivity index (χ1n) is 7.71. The SMILES string of the molecule is NN=Cc1ccc2cccc(NC(=O)c3ccc4c(c3)OCO4)c2c1. The van der Waals surface area contributed by atoms with E-state index >= 15 is 0 Å². The standard InChI is InChI=1S/C19H15N3O3/c20-21-10-12-4-5-13-2-1-3-16(15(13)8-12)22-19(23)14-6-7-17-18(9-14)25-11-24-17/h1-10H,11,20H2,(H,22,23). The highest BCUT2D eigenvalue weighted by molar-refractivity contribution is 6.10. The van der Waals surface area contributed by atoms with Crippen molar-refractivity contribution in [3.63, 3.8) is 0 Å². The van der Waals surface area contributed by atoms with Crippen LogP contribution < -0.4 is 20.6 Å². The average Bonchev–Trinajstić information content (AvgIpc) is 3.10. The minimum atomic E-state index is -0.219. The Labute approximate surface area is 143 Å². The molecule has 3 aromatic rings. The number of nitrogens with one attached hydrogen (secondary N) is 1. The molecule has 6 heteroatoms. The summed E-state index contributed by atoms with van der Waals surface area (Å²) in [5.41, 5.74) is 2.08. The van der Waals surface area contributed by atoms with Crippen molar-refractivity contribution in [1.82, 2.24) is 0 Å². The van der Waals surface area contributed by atoms with E-state index in [0.29, 0.717) is 22.7 Å². The molecule has 4 rings (SSSR count). The maximum atomic E-state index is 12.6. The van der Waals surface area contributed by atoms with Crippen LogP contribution in [-0.4, -0.2) is 18.9 Å². The Balaban J connectivity index is 1.67. The van der Waals surface area contributed by atoms with E-state index in [4.69, 9.17) is 15.3 Å². The Kier molecular flexibility index (Phi) is 3.70. The molecule has 0 radical (unpaired) electrons. The quantitative estimate of drug-likeness (QED) is 0.438. The summed E-state index contributed by atoms with van der Waals surface area (Å²) < 4.78 is 10.6. The van der Waals surface area contributed by atoms with Crippen LogP contribution in [0.2, 0.25) is 0 Å². The largest absolute Gasteiger partial charge is 0.454 e. The molecule has 0 fully saturated rings. The maximum Gasteiger partial charge on any atom is 0.255 e. The Morgan fingerprint density at radius 2 is 1.96 bits per heavy atom.